The molecule has 2 aromatic rings. The van der Waals surface area contributed by atoms with E-state index in [2.05, 4.69) is 0 Å². The average molecular weight is 228 g/mol. The van der Waals surface area contributed by atoms with Crippen LogP contribution in [0.3, 0.4) is 0 Å². The molecule has 0 spiro atoms. The molecule has 3 rings (SSSR count). The van der Waals surface area contributed by atoms with Crippen LogP contribution in [0.1, 0.15) is 28.8 Å². The van der Waals surface area contributed by atoms with Crippen LogP contribution in [-0.4, -0.2) is 5.78 Å². The van der Waals surface area contributed by atoms with Crippen LogP contribution in [0, 0.1) is 0 Å². The molecule has 3 heteroatoms. The summed E-state index contributed by atoms with van der Waals surface area (Å²) in [6.07, 6.45) is 4.02. The van der Waals surface area contributed by atoms with Crippen molar-refractivity contribution in [2.45, 2.75) is 19.3 Å². The minimum absolute atomic E-state index is 0.161. The van der Waals surface area contributed by atoms with Crippen LogP contribution in [0.25, 0.3) is 0 Å². The molecule has 0 amide bonds. The maximum atomic E-state index is 11.9. The zero-order valence-corrected chi connectivity index (χ0v) is 9.31. The van der Waals surface area contributed by atoms with Gasteiger partial charge in [0.15, 0.2) is 5.78 Å². The minimum atomic E-state index is 0.161. The van der Waals surface area contributed by atoms with Crippen LogP contribution in [-0.2, 0) is 6.42 Å². The Kier molecular flexibility index (Phi) is 2.44. The highest BCUT2D eigenvalue weighted by atomic mass is 16.6. The van der Waals surface area contributed by atoms with Crippen molar-refractivity contribution < 1.29 is 13.9 Å². The van der Waals surface area contributed by atoms with Crippen LogP contribution >= 0.6 is 0 Å². The fourth-order valence-corrected chi connectivity index (χ4v) is 2.18. The number of hydrogen-bond donors (Lipinski definition) is 0. The Hall–Kier alpha value is -2.03. The predicted molar refractivity (Wildman–Crippen MR) is 62.5 cm³/mol. The Morgan fingerprint density at radius 1 is 1.12 bits per heavy atom. The number of benzene rings is 1. The summed E-state index contributed by atoms with van der Waals surface area (Å²) >= 11 is 0. The van der Waals surface area contributed by atoms with Crippen molar-refractivity contribution in [1.29, 1.82) is 0 Å². The van der Waals surface area contributed by atoms with Gasteiger partial charge in [0.05, 0.1) is 11.8 Å². The summed E-state index contributed by atoms with van der Waals surface area (Å²) in [5.74, 6) is 1.17. The van der Waals surface area contributed by atoms with Gasteiger partial charge in [-0.15, -0.1) is 0 Å². The van der Waals surface area contributed by atoms with E-state index >= 15 is 0 Å². The lowest BCUT2D eigenvalue weighted by atomic mass is 9.90. The first-order valence-corrected chi connectivity index (χ1v) is 5.71. The second-order valence-corrected chi connectivity index (χ2v) is 4.10. The molecule has 1 aliphatic carbocycles. The second kappa shape index (κ2) is 4.09. The Bertz CT molecular complexity index is 541. The topological polar surface area (TPSA) is 39.4 Å². The molecule has 0 aliphatic heterocycles. The van der Waals surface area contributed by atoms with Gasteiger partial charge in [-0.3, -0.25) is 4.79 Å². The van der Waals surface area contributed by atoms with Crippen LogP contribution in [0.4, 0.5) is 0 Å². The first kappa shape index (κ1) is 10.1. The summed E-state index contributed by atoms with van der Waals surface area (Å²) in [6, 6.07) is 9.20. The summed E-state index contributed by atoms with van der Waals surface area (Å²) in [5, 5.41) is 0. The molecule has 17 heavy (non-hydrogen) atoms. The van der Waals surface area contributed by atoms with E-state index < -0.39 is 0 Å². The Labute approximate surface area is 99.0 Å². The minimum Gasteiger partial charge on any atom is -0.434 e. The average Bonchev–Trinajstić information content (AvgIpc) is 2.82. The highest BCUT2D eigenvalue weighted by molar-refractivity contribution is 6.01. The number of carbonyl (C=O) groups excluding carboxylic acids is 1. The lowest BCUT2D eigenvalue weighted by molar-refractivity contribution is 0.0969. The normalized spacial score (nSPS) is 14.5. The summed E-state index contributed by atoms with van der Waals surface area (Å²) in [5.41, 5.74) is 1.79. The van der Waals surface area contributed by atoms with Crippen molar-refractivity contribution in [3.8, 4) is 11.7 Å². The van der Waals surface area contributed by atoms with Gasteiger partial charge in [-0.2, -0.15) is 0 Å². The third-order valence-electron chi connectivity index (χ3n) is 2.95. The lowest BCUT2D eigenvalue weighted by Crippen LogP contribution is -2.11. The van der Waals surface area contributed by atoms with E-state index in [1.807, 2.05) is 18.2 Å². The van der Waals surface area contributed by atoms with Crippen molar-refractivity contribution in [3.05, 3.63) is 47.7 Å². The molecule has 1 aromatic heterocycles. The third-order valence-corrected chi connectivity index (χ3v) is 2.95. The van der Waals surface area contributed by atoms with Crippen LogP contribution in [0.15, 0.2) is 41.0 Å². The predicted octanol–water partition coefficient (Wildman–Crippen LogP) is 3.59. The molecule has 1 aliphatic rings. The molecule has 3 nitrogen and oxygen atoms in total. The molecule has 0 unspecified atom stereocenters. The van der Waals surface area contributed by atoms with Gasteiger partial charge >= 0.3 is 0 Å². The Balaban J connectivity index is 2.02. The summed E-state index contributed by atoms with van der Waals surface area (Å²) in [7, 11) is 0. The molecule has 1 heterocycles. The second-order valence-electron chi connectivity index (χ2n) is 4.10. The fraction of sp³-hybridized carbons (Fsp3) is 0.214. The van der Waals surface area contributed by atoms with Crippen molar-refractivity contribution >= 4 is 5.78 Å². The SMILES string of the molecule is O=C1CCCc2cccc(Oc3ccco3)c21. The molecule has 1 aromatic carbocycles. The summed E-state index contributed by atoms with van der Waals surface area (Å²) in [6.45, 7) is 0. The number of ketones is 1. The molecule has 86 valence electrons. The van der Waals surface area contributed by atoms with Gasteiger partial charge < -0.3 is 9.15 Å². The Morgan fingerprint density at radius 3 is 2.88 bits per heavy atom. The molecule has 0 saturated carbocycles. The Morgan fingerprint density at radius 2 is 2.06 bits per heavy atom. The lowest BCUT2D eigenvalue weighted by Gasteiger charge is -2.17. The van der Waals surface area contributed by atoms with Crippen molar-refractivity contribution in [3.63, 3.8) is 0 Å². The summed E-state index contributed by atoms with van der Waals surface area (Å²) < 4.78 is 10.7. The van der Waals surface area contributed by atoms with Gasteiger partial charge in [0, 0.05) is 12.5 Å². The van der Waals surface area contributed by atoms with Gasteiger partial charge in [0.1, 0.15) is 5.75 Å². The van der Waals surface area contributed by atoms with E-state index in [1.54, 1.807) is 18.4 Å². The monoisotopic (exact) mass is 228 g/mol. The number of furan rings is 1. The molecule has 0 fully saturated rings. The van der Waals surface area contributed by atoms with E-state index in [4.69, 9.17) is 9.15 Å². The van der Waals surface area contributed by atoms with E-state index in [-0.39, 0.29) is 5.78 Å². The molecular formula is C14H12O3. The van der Waals surface area contributed by atoms with Crippen molar-refractivity contribution in [2.24, 2.45) is 0 Å². The molecule has 0 N–H and O–H groups in total. The molecule has 0 atom stereocenters. The number of rotatable bonds is 2. The maximum Gasteiger partial charge on any atom is 0.289 e. The van der Waals surface area contributed by atoms with Gasteiger partial charge in [-0.05, 0) is 30.5 Å². The third kappa shape index (κ3) is 1.84. The standard InChI is InChI=1S/C14H12O3/c15-11-6-1-4-10-5-2-7-12(14(10)11)17-13-8-3-9-16-13/h2-3,5,7-9H,1,4,6H2. The molecule has 0 radical (unpaired) electrons. The number of carbonyl (C=O) groups is 1. The smallest absolute Gasteiger partial charge is 0.289 e. The van der Waals surface area contributed by atoms with E-state index in [0.717, 1.165) is 24.0 Å². The number of aryl methyl sites for hydroxylation is 1. The maximum absolute atomic E-state index is 11.9. The number of fused-ring (bicyclic) bond motifs is 1. The zero-order valence-electron chi connectivity index (χ0n) is 9.31. The van der Waals surface area contributed by atoms with Crippen molar-refractivity contribution in [2.75, 3.05) is 0 Å². The first-order valence-electron chi connectivity index (χ1n) is 5.71. The highest BCUT2D eigenvalue weighted by Gasteiger charge is 2.21. The largest absolute Gasteiger partial charge is 0.434 e. The van der Waals surface area contributed by atoms with Gasteiger partial charge in [0.2, 0.25) is 0 Å². The fourth-order valence-electron chi connectivity index (χ4n) is 2.18. The highest BCUT2D eigenvalue weighted by Crippen LogP contribution is 2.32. The quantitative estimate of drug-likeness (QED) is 0.788. The first-order chi connectivity index (χ1) is 8.34. The van der Waals surface area contributed by atoms with Crippen LogP contribution in [0.2, 0.25) is 0 Å². The summed E-state index contributed by atoms with van der Waals surface area (Å²) in [4.78, 5) is 11.9. The number of Topliss-reactive ketones (excluding diaryl/α,β-unsaturated/α-hetero) is 1. The number of hydrogen-bond acceptors (Lipinski definition) is 3. The van der Waals surface area contributed by atoms with E-state index in [0.29, 0.717) is 18.1 Å². The van der Waals surface area contributed by atoms with Crippen molar-refractivity contribution in [1.82, 2.24) is 0 Å². The van der Waals surface area contributed by atoms with Gasteiger partial charge in [0.25, 0.3) is 5.95 Å². The van der Waals surface area contributed by atoms with Crippen LogP contribution in [0.5, 0.6) is 11.7 Å². The van der Waals surface area contributed by atoms with Gasteiger partial charge in [-0.25, -0.2) is 0 Å². The van der Waals surface area contributed by atoms with Crippen LogP contribution < -0.4 is 4.74 Å². The molecule has 0 bridgehead atoms. The molecular weight excluding hydrogens is 216 g/mol. The molecule has 0 saturated heterocycles. The number of ether oxygens (including phenoxy) is 1. The van der Waals surface area contributed by atoms with Gasteiger partial charge in [-0.1, -0.05) is 12.1 Å². The zero-order chi connectivity index (χ0) is 11.7. The van der Waals surface area contributed by atoms with E-state index in [1.165, 1.54) is 0 Å². The van der Waals surface area contributed by atoms with E-state index in [9.17, 15) is 4.79 Å².